The zero-order chi connectivity index (χ0) is 9.80. The van der Waals surface area contributed by atoms with E-state index in [4.69, 9.17) is 4.74 Å². The van der Waals surface area contributed by atoms with Crippen LogP contribution in [0, 0.1) is 0 Å². The molecule has 4 nitrogen and oxygen atoms in total. The predicted molar refractivity (Wildman–Crippen MR) is 56.0 cm³/mol. The van der Waals surface area contributed by atoms with Gasteiger partial charge in [0.25, 0.3) is 0 Å². The SMILES string of the molecule is CN1CCN(NC2CCOCC2)CC1. The molecule has 0 spiro atoms. The molecule has 2 aliphatic heterocycles. The van der Waals surface area contributed by atoms with Gasteiger partial charge in [0.15, 0.2) is 0 Å². The smallest absolute Gasteiger partial charge is 0.0481 e. The highest BCUT2D eigenvalue weighted by atomic mass is 16.5. The molecule has 0 atom stereocenters. The van der Waals surface area contributed by atoms with Gasteiger partial charge in [0.1, 0.15) is 0 Å². The Morgan fingerprint density at radius 1 is 1.07 bits per heavy atom. The van der Waals surface area contributed by atoms with E-state index in [2.05, 4.69) is 22.4 Å². The molecular weight excluding hydrogens is 178 g/mol. The predicted octanol–water partition coefficient (Wildman–Crippen LogP) is -0.0826. The van der Waals surface area contributed by atoms with Gasteiger partial charge in [-0.2, -0.15) is 0 Å². The normalized spacial score (nSPS) is 28.1. The van der Waals surface area contributed by atoms with Gasteiger partial charge in [-0.1, -0.05) is 0 Å². The third-order valence-corrected chi connectivity index (χ3v) is 3.09. The Kier molecular flexibility index (Phi) is 3.75. The number of hydrogen-bond acceptors (Lipinski definition) is 4. The average molecular weight is 199 g/mol. The van der Waals surface area contributed by atoms with Crippen LogP contribution >= 0.6 is 0 Å². The quantitative estimate of drug-likeness (QED) is 0.673. The van der Waals surface area contributed by atoms with Gasteiger partial charge in [-0.3, -0.25) is 5.43 Å². The molecule has 0 aromatic heterocycles. The molecule has 2 aliphatic rings. The lowest BCUT2D eigenvalue weighted by atomic mass is 10.1. The van der Waals surface area contributed by atoms with Gasteiger partial charge in [-0.25, -0.2) is 5.01 Å². The van der Waals surface area contributed by atoms with Crippen LogP contribution in [-0.2, 0) is 4.74 Å². The first-order chi connectivity index (χ1) is 6.84. The molecule has 14 heavy (non-hydrogen) atoms. The number of nitrogens with one attached hydrogen (secondary N) is 1. The zero-order valence-corrected chi connectivity index (χ0v) is 9.04. The molecule has 1 N–H and O–H groups in total. The summed E-state index contributed by atoms with van der Waals surface area (Å²) in [5.41, 5.74) is 3.61. The molecule has 0 bridgehead atoms. The molecule has 0 amide bonds. The first-order valence-corrected chi connectivity index (χ1v) is 5.62. The number of ether oxygens (including phenoxy) is 1. The van der Waals surface area contributed by atoms with Gasteiger partial charge in [0.2, 0.25) is 0 Å². The van der Waals surface area contributed by atoms with Gasteiger partial charge in [-0.05, 0) is 19.9 Å². The second-order valence-corrected chi connectivity index (χ2v) is 4.31. The van der Waals surface area contributed by atoms with Crippen molar-refractivity contribution in [2.24, 2.45) is 0 Å². The second-order valence-electron chi connectivity index (χ2n) is 4.31. The Bertz CT molecular complexity index is 163. The summed E-state index contributed by atoms with van der Waals surface area (Å²) in [4.78, 5) is 2.38. The summed E-state index contributed by atoms with van der Waals surface area (Å²) in [6.07, 6.45) is 2.32. The number of rotatable bonds is 2. The van der Waals surface area contributed by atoms with E-state index in [0.717, 1.165) is 39.1 Å². The fraction of sp³-hybridized carbons (Fsp3) is 1.00. The first kappa shape index (κ1) is 10.4. The standard InChI is InChI=1S/C10H21N3O/c1-12-4-6-13(7-5-12)11-10-2-8-14-9-3-10/h10-11H,2-9H2,1H3. The largest absolute Gasteiger partial charge is 0.381 e. The van der Waals surface area contributed by atoms with Crippen molar-refractivity contribution in [2.75, 3.05) is 46.4 Å². The van der Waals surface area contributed by atoms with Crippen LogP contribution in [0.5, 0.6) is 0 Å². The second kappa shape index (κ2) is 5.07. The van der Waals surface area contributed by atoms with Gasteiger partial charge in [0, 0.05) is 45.4 Å². The van der Waals surface area contributed by atoms with E-state index in [1.807, 2.05) is 0 Å². The van der Waals surface area contributed by atoms with Crippen molar-refractivity contribution in [1.29, 1.82) is 0 Å². The maximum Gasteiger partial charge on any atom is 0.0481 e. The molecule has 2 rings (SSSR count). The topological polar surface area (TPSA) is 27.7 Å². The van der Waals surface area contributed by atoms with Crippen molar-refractivity contribution in [3.05, 3.63) is 0 Å². The number of nitrogens with zero attached hydrogens (tertiary/aromatic N) is 2. The average Bonchev–Trinajstić information content (AvgIpc) is 2.23. The first-order valence-electron chi connectivity index (χ1n) is 5.62. The number of likely N-dealkylation sites (N-methyl/N-ethyl adjacent to an activating group) is 1. The van der Waals surface area contributed by atoms with Crippen LogP contribution in [0.15, 0.2) is 0 Å². The zero-order valence-electron chi connectivity index (χ0n) is 9.04. The Morgan fingerprint density at radius 3 is 2.36 bits per heavy atom. The monoisotopic (exact) mass is 199 g/mol. The number of piperazine rings is 1. The van der Waals surface area contributed by atoms with Crippen LogP contribution in [0.25, 0.3) is 0 Å². The van der Waals surface area contributed by atoms with Gasteiger partial charge < -0.3 is 9.64 Å². The van der Waals surface area contributed by atoms with E-state index < -0.39 is 0 Å². The summed E-state index contributed by atoms with van der Waals surface area (Å²) in [5, 5.41) is 2.37. The Hall–Kier alpha value is -0.160. The van der Waals surface area contributed by atoms with E-state index in [1.165, 1.54) is 13.1 Å². The fourth-order valence-corrected chi connectivity index (χ4v) is 2.02. The van der Waals surface area contributed by atoms with Crippen molar-refractivity contribution < 1.29 is 4.74 Å². The van der Waals surface area contributed by atoms with E-state index in [1.54, 1.807) is 0 Å². The lowest BCUT2D eigenvalue weighted by Gasteiger charge is -2.36. The molecule has 0 aromatic carbocycles. The summed E-state index contributed by atoms with van der Waals surface area (Å²) in [6.45, 7) is 6.49. The third kappa shape index (κ3) is 2.92. The van der Waals surface area contributed by atoms with Crippen LogP contribution in [0.3, 0.4) is 0 Å². The molecule has 2 heterocycles. The highest BCUT2D eigenvalue weighted by molar-refractivity contribution is 4.72. The van der Waals surface area contributed by atoms with E-state index in [-0.39, 0.29) is 0 Å². The van der Waals surface area contributed by atoms with Gasteiger partial charge in [0.05, 0.1) is 0 Å². The highest BCUT2D eigenvalue weighted by Crippen LogP contribution is 2.07. The van der Waals surface area contributed by atoms with Crippen molar-refractivity contribution in [3.63, 3.8) is 0 Å². The Labute approximate surface area is 86.2 Å². The molecule has 0 aromatic rings. The molecular formula is C10H21N3O. The highest BCUT2D eigenvalue weighted by Gasteiger charge is 2.19. The summed E-state index contributed by atoms with van der Waals surface area (Å²) >= 11 is 0. The Morgan fingerprint density at radius 2 is 1.71 bits per heavy atom. The number of hydrogen-bond donors (Lipinski definition) is 1. The van der Waals surface area contributed by atoms with Crippen molar-refractivity contribution in [3.8, 4) is 0 Å². The minimum atomic E-state index is 0.646. The maximum atomic E-state index is 5.34. The lowest BCUT2D eigenvalue weighted by Crippen LogP contribution is -2.54. The van der Waals surface area contributed by atoms with Crippen LogP contribution in [0.2, 0.25) is 0 Å². The van der Waals surface area contributed by atoms with Crippen LogP contribution in [0.4, 0.5) is 0 Å². The molecule has 4 heteroatoms. The summed E-state index contributed by atoms with van der Waals surface area (Å²) in [5.74, 6) is 0. The van der Waals surface area contributed by atoms with E-state index in [0.29, 0.717) is 6.04 Å². The number of hydrazine groups is 1. The third-order valence-electron chi connectivity index (χ3n) is 3.09. The lowest BCUT2D eigenvalue weighted by molar-refractivity contribution is 0.0304. The molecule has 0 aliphatic carbocycles. The molecule has 2 saturated heterocycles. The van der Waals surface area contributed by atoms with Crippen molar-refractivity contribution >= 4 is 0 Å². The fourth-order valence-electron chi connectivity index (χ4n) is 2.02. The van der Waals surface area contributed by atoms with Gasteiger partial charge in [-0.15, -0.1) is 0 Å². The minimum absolute atomic E-state index is 0.646. The summed E-state index contributed by atoms with van der Waals surface area (Å²) in [6, 6.07) is 0.646. The molecule has 82 valence electrons. The molecule has 0 unspecified atom stereocenters. The van der Waals surface area contributed by atoms with Crippen LogP contribution in [-0.4, -0.2) is 62.4 Å². The summed E-state index contributed by atoms with van der Waals surface area (Å²) in [7, 11) is 2.19. The van der Waals surface area contributed by atoms with Crippen molar-refractivity contribution in [1.82, 2.24) is 15.3 Å². The minimum Gasteiger partial charge on any atom is -0.381 e. The summed E-state index contributed by atoms with van der Waals surface area (Å²) < 4.78 is 5.34. The molecule has 0 radical (unpaired) electrons. The van der Waals surface area contributed by atoms with Crippen LogP contribution in [0.1, 0.15) is 12.8 Å². The van der Waals surface area contributed by atoms with E-state index >= 15 is 0 Å². The van der Waals surface area contributed by atoms with E-state index in [9.17, 15) is 0 Å². The van der Waals surface area contributed by atoms with Crippen LogP contribution < -0.4 is 5.43 Å². The van der Waals surface area contributed by atoms with Gasteiger partial charge >= 0.3 is 0 Å². The Balaban J connectivity index is 1.68. The molecule has 0 saturated carbocycles. The maximum absolute atomic E-state index is 5.34. The van der Waals surface area contributed by atoms with Crippen molar-refractivity contribution in [2.45, 2.75) is 18.9 Å². The molecule has 2 fully saturated rings.